The SMILES string of the molecule is CC1(C)CC[C@]2(C(=O)O[C@H]3OC[C@H](O)C(O)C3O)C(O)C[C@]3(C)C(=CC[C@@H]4[C@@]5(C)CC[C@H](O)C(C)(C)[C@@H]5CC[C@]43C)[C@@H]2C1. The zero-order valence-corrected chi connectivity index (χ0v) is 27.3. The molecule has 0 amide bonds. The van der Waals surface area contributed by atoms with Crippen LogP contribution in [0.3, 0.4) is 0 Å². The first-order valence-electron chi connectivity index (χ1n) is 16.8. The molecule has 4 saturated carbocycles. The molecule has 0 aromatic rings. The van der Waals surface area contributed by atoms with Crippen molar-refractivity contribution in [1.29, 1.82) is 0 Å². The van der Waals surface area contributed by atoms with Crippen LogP contribution in [0.5, 0.6) is 0 Å². The number of hydrogen-bond donors (Lipinski definition) is 5. The average molecular weight is 605 g/mol. The van der Waals surface area contributed by atoms with Gasteiger partial charge in [0.25, 0.3) is 0 Å². The normalized spacial score (nSPS) is 53.8. The molecule has 0 spiro atoms. The molecule has 13 atom stereocenters. The van der Waals surface area contributed by atoms with E-state index >= 15 is 0 Å². The van der Waals surface area contributed by atoms with Gasteiger partial charge >= 0.3 is 5.97 Å². The summed E-state index contributed by atoms with van der Waals surface area (Å²) in [5.74, 6) is 0.0253. The molecule has 6 rings (SSSR count). The van der Waals surface area contributed by atoms with Crippen molar-refractivity contribution >= 4 is 5.97 Å². The number of fused-ring (bicyclic) bond motifs is 7. The maximum atomic E-state index is 14.3. The number of allylic oxidation sites excluding steroid dienone is 2. The smallest absolute Gasteiger partial charge is 0.317 e. The lowest BCUT2D eigenvalue weighted by Crippen LogP contribution is -2.68. The molecule has 3 unspecified atom stereocenters. The number of aliphatic hydroxyl groups excluding tert-OH is 5. The Morgan fingerprint density at radius 2 is 1.53 bits per heavy atom. The topological polar surface area (TPSA) is 137 Å². The standard InChI is InChI=1S/C35H56O8/c1-30(2)14-15-35(29(41)43-28-27(40)26(39)21(36)18-42-28)20(16-30)19-8-9-23-32(5)12-11-24(37)31(3,4)22(32)10-13-33(23,6)34(19,7)17-25(35)38/h8,20-28,36-40H,9-18H2,1-7H3/t20-,21-,22-,23+,24-,25?,26?,27?,28+,32-,33+,34+,35+/m0/s1. The summed E-state index contributed by atoms with van der Waals surface area (Å²) in [6.45, 7) is 16.0. The highest BCUT2D eigenvalue weighted by Crippen LogP contribution is 2.75. The van der Waals surface area contributed by atoms with Gasteiger partial charge in [0, 0.05) is 0 Å². The molecular formula is C35H56O8. The van der Waals surface area contributed by atoms with Gasteiger partial charge < -0.3 is 35.0 Å². The first-order chi connectivity index (χ1) is 19.8. The summed E-state index contributed by atoms with van der Waals surface area (Å²) < 4.78 is 11.3. The summed E-state index contributed by atoms with van der Waals surface area (Å²) in [5, 5.41) is 54.0. The van der Waals surface area contributed by atoms with Gasteiger partial charge in [0.1, 0.15) is 23.7 Å². The number of carbonyl (C=O) groups is 1. The quantitative estimate of drug-likeness (QED) is 0.235. The molecule has 5 aliphatic carbocycles. The minimum atomic E-state index is -1.57. The summed E-state index contributed by atoms with van der Waals surface area (Å²) >= 11 is 0. The molecule has 0 bridgehead atoms. The number of rotatable bonds is 2. The second-order valence-corrected chi connectivity index (χ2v) is 17.5. The van der Waals surface area contributed by atoms with Gasteiger partial charge in [-0.1, -0.05) is 60.1 Å². The van der Waals surface area contributed by atoms with E-state index in [-0.39, 0.29) is 45.7 Å². The van der Waals surface area contributed by atoms with Crippen molar-refractivity contribution in [3.8, 4) is 0 Å². The van der Waals surface area contributed by atoms with Crippen LogP contribution in [-0.4, -0.2) is 74.9 Å². The molecule has 0 aromatic carbocycles. The third-order valence-corrected chi connectivity index (χ3v) is 14.7. The molecule has 6 aliphatic rings. The summed E-state index contributed by atoms with van der Waals surface area (Å²) in [6.07, 6.45) is 2.71. The van der Waals surface area contributed by atoms with Crippen molar-refractivity contribution < 1.29 is 39.8 Å². The van der Waals surface area contributed by atoms with E-state index in [0.29, 0.717) is 24.7 Å². The van der Waals surface area contributed by atoms with Crippen LogP contribution in [0.25, 0.3) is 0 Å². The van der Waals surface area contributed by atoms with Crippen LogP contribution >= 0.6 is 0 Å². The van der Waals surface area contributed by atoms with E-state index in [9.17, 15) is 30.3 Å². The summed E-state index contributed by atoms with van der Waals surface area (Å²) in [6, 6.07) is 0. The lowest BCUT2D eigenvalue weighted by atomic mass is 9.33. The Labute approximate surface area is 257 Å². The summed E-state index contributed by atoms with van der Waals surface area (Å²) in [7, 11) is 0. The molecule has 1 saturated heterocycles. The Balaban J connectivity index is 1.39. The molecule has 5 fully saturated rings. The van der Waals surface area contributed by atoms with E-state index in [1.807, 2.05) is 0 Å². The maximum absolute atomic E-state index is 14.3. The minimum absolute atomic E-state index is 0.0284. The van der Waals surface area contributed by atoms with Crippen molar-refractivity contribution in [2.45, 2.75) is 143 Å². The second-order valence-electron chi connectivity index (χ2n) is 17.5. The van der Waals surface area contributed by atoms with Gasteiger partial charge in [-0.3, -0.25) is 4.79 Å². The average Bonchev–Trinajstić information content (AvgIpc) is 2.91. The van der Waals surface area contributed by atoms with E-state index in [1.54, 1.807) is 0 Å². The van der Waals surface area contributed by atoms with Gasteiger partial charge in [-0.25, -0.2) is 0 Å². The van der Waals surface area contributed by atoms with Gasteiger partial charge in [-0.15, -0.1) is 0 Å². The van der Waals surface area contributed by atoms with Crippen LogP contribution in [-0.2, 0) is 14.3 Å². The molecule has 244 valence electrons. The van der Waals surface area contributed by atoms with E-state index in [2.05, 4.69) is 54.5 Å². The van der Waals surface area contributed by atoms with Crippen LogP contribution < -0.4 is 0 Å². The molecule has 1 heterocycles. The molecule has 1 aliphatic heterocycles. The van der Waals surface area contributed by atoms with Gasteiger partial charge in [0.05, 0.1) is 18.8 Å². The molecule has 5 N–H and O–H groups in total. The number of hydrogen-bond acceptors (Lipinski definition) is 8. The highest BCUT2D eigenvalue weighted by atomic mass is 16.7. The van der Waals surface area contributed by atoms with Crippen molar-refractivity contribution in [1.82, 2.24) is 0 Å². The Morgan fingerprint density at radius 3 is 2.23 bits per heavy atom. The molecular weight excluding hydrogens is 548 g/mol. The predicted molar refractivity (Wildman–Crippen MR) is 160 cm³/mol. The fourth-order valence-electron chi connectivity index (χ4n) is 11.8. The monoisotopic (exact) mass is 604 g/mol. The Bertz CT molecular complexity index is 1160. The summed E-state index contributed by atoms with van der Waals surface area (Å²) in [4.78, 5) is 14.3. The van der Waals surface area contributed by atoms with Crippen molar-refractivity contribution in [3.63, 3.8) is 0 Å². The third-order valence-electron chi connectivity index (χ3n) is 14.7. The fraction of sp³-hybridized carbons (Fsp3) is 0.914. The van der Waals surface area contributed by atoms with E-state index in [0.717, 1.165) is 44.9 Å². The molecule has 8 heteroatoms. The van der Waals surface area contributed by atoms with Crippen molar-refractivity contribution in [2.75, 3.05) is 6.61 Å². The second kappa shape index (κ2) is 9.98. The van der Waals surface area contributed by atoms with Crippen LogP contribution in [0.4, 0.5) is 0 Å². The Kier molecular flexibility index (Phi) is 7.41. The number of ether oxygens (including phenoxy) is 2. The van der Waals surface area contributed by atoms with Gasteiger partial charge in [-0.2, -0.15) is 0 Å². The van der Waals surface area contributed by atoms with Crippen molar-refractivity contribution in [2.24, 2.45) is 50.2 Å². The van der Waals surface area contributed by atoms with Gasteiger partial charge in [0.2, 0.25) is 6.29 Å². The van der Waals surface area contributed by atoms with Gasteiger partial charge in [0.15, 0.2) is 0 Å². The van der Waals surface area contributed by atoms with E-state index in [1.165, 1.54) is 5.57 Å². The lowest BCUT2D eigenvalue weighted by Gasteiger charge is -2.71. The number of carbonyl (C=O) groups excluding carboxylic acids is 1. The fourth-order valence-corrected chi connectivity index (χ4v) is 11.8. The van der Waals surface area contributed by atoms with Crippen LogP contribution in [0.15, 0.2) is 11.6 Å². The van der Waals surface area contributed by atoms with Crippen LogP contribution in [0, 0.1) is 50.2 Å². The third kappa shape index (κ3) is 4.25. The van der Waals surface area contributed by atoms with E-state index < -0.39 is 42.1 Å². The molecule has 0 aromatic heterocycles. The molecule has 43 heavy (non-hydrogen) atoms. The first-order valence-corrected chi connectivity index (χ1v) is 16.8. The maximum Gasteiger partial charge on any atom is 0.317 e. The van der Waals surface area contributed by atoms with Crippen LogP contribution in [0.2, 0.25) is 0 Å². The van der Waals surface area contributed by atoms with E-state index in [4.69, 9.17) is 9.47 Å². The van der Waals surface area contributed by atoms with Crippen LogP contribution in [0.1, 0.15) is 106 Å². The van der Waals surface area contributed by atoms with Gasteiger partial charge in [-0.05, 0) is 103 Å². The summed E-state index contributed by atoms with van der Waals surface area (Å²) in [5.41, 5.74) is -0.392. The zero-order chi connectivity index (χ0) is 31.5. The largest absolute Gasteiger partial charge is 0.432 e. The lowest BCUT2D eigenvalue weighted by molar-refractivity contribution is -0.274. The zero-order valence-electron chi connectivity index (χ0n) is 27.3. The minimum Gasteiger partial charge on any atom is -0.432 e. The first kappa shape index (κ1) is 31.9. The number of esters is 1. The Morgan fingerprint density at radius 1 is 0.837 bits per heavy atom. The molecule has 8 nitrogen and oxygen atoms in total. The highest BCUT2D eigenvalue weighted by Gasteiger charge is 2.71. The number of aliphatic hydroxyl groups is 5. The Hall–Kier alpha value is -1.03. The molecule has 0 radical (unpaired) electrons. The van der Waals surface area contributed by atoms with Crippen molar-refractivity contribution in [3.05, 3.63) is 11.6 Å². The highest BCUT2D eigenvalue weighted by molar-refractivity contribution is 5.80. The predicted octanol–water partition coefficient (Wildman–Crippen LogP) is 4.10.